The van der Waals surface area contributed by atoms with Crippen molar-refractivity contribution in [2.24, 2.45) is 5.92 Å². The number of aromatic nitrogens is 2. The fourth-order valence-corrected chi connectivity index (χ4v) is 2.39. The van der Waals surface area contributed by atoms with E-state index >= 15 is 0 Å². The van der Waals surface area contributed by atoms with Crippen LogP contribution in [0.1, 0.15) is 20.3 Å². The van der Waals surface area contributed by atoms with Crippen molar-refractivity contribution in [2.45, 2.75) is 20.3 Å². The molecule has 0 radical (unpaired) electrons. The van der Waals surface area contributed by atoms with Gasteiger partial charge in [-0.15, -0.1) is 0 Å². The van der Waals surface area contributed by atoms with Crippen LogP contribution in [0.15, 0.2) is 53.3 Å². The molecule has 1 aromatic heterocycles. The van der Waals surface area contributed by atoms with Crippen LogP contribution in [0.3, 0.4) is 0 Å². The normalized spacial score (nSPS) is 12.1. The van der Waals surface area contributed by atoms with Crippen molar-refractivity contribution < 1.29 is 4.79 Å². The predicted molar refractivity (Wildman–Crippen MR) is 95.9 cm³/mol. The molecule has 5 heteroatoms. The van der Waals surface area contributed by atoms with Crippen LogP contribution in [-0.2, 0) is 4.79 Å². The Morgan fingerprint density at radius 2 is 1.88 bits per heavy atom. The molecule has 1 heterocycles. The number of hydrogen-bond donors (Lipinski definition) is 2. The summed E-state index contributed by atoms with van der Waals surface area (Å²) in [7, 11) is 0. The average molecular weight is 321 g/mol. The first-order chi connectivity index (χ1) is 11.6. The standard InChI is InChI=1S/C19H19N3O2/c1-3-12(2)18(23)20-14-10-8-13(9-11-14)17-21-16-7-5-4-6-15(16)19(24)22-17/h4-12H,3H2,1-2H3,(H,20,23)(H,21,22,24). The van der Waals surface area contributed by atoms with Gasteiger partial charge in [-0.2, -0.15) is 0 Å². The fourth-order valence-electron chi connectivity index (χ4n) is 2.39. The van der Waals surface area contributed by atoms with Crippen LogP contribution in [0.4, 0.5) is 5.69 Å². The first kappa shape index (κ1) is 15.9. The van der Waals surface area contributed by atoms with E-state index in [9.17, 15) is 9.59 Å². The number of anilines is 1. The molecule has 0 spiro atoms. The number of amides is 1. The van der Waals surface area contributed by atoms with Crippen LogP contribution >= 0.6 is 0 Å². The second-order valence-electron chi connectivity index (χ2n) is 5.81. The fraction of sp³-hybridized carbons (Fsp3) is 0.211. The van der Waals surface area contributed by atoms with Gasteiger partial charge in [0.15, 0.2) is 0 Å². The molecule has 0 saturated carbocycles. The van der Waals surface area contributed by atoms with Gasteiger partial charge in [-0.05, 0) is 42.8 Å². The minimum absolute atomic E-state index is 0.00230. The van der Waals surface area contributed by atoms with E-state index in [0.717, 1.165) is 17.7 Å². The van der Waals surface area contributed by atoms with Crippen molar-refractivity contribution in [1.29, 1.82) is 0 Å². The van der Waals surface area contributed by atoms with Gasteiger partial charge in [0, 0.05) is 17.2 Å². The number of fused-ring (bicyclic) bond motifs is 1. The molecule has 3 rings (SSSR count). The molecule has 0 aliphatic carbocycles. The third-order valence-corrected chi connectivity index (χ3v) is 4.10. The number of nitrogens with zero attached hydrogens (tertiary/aromatic N) is 1. The number of nitrogens with one attached hydrogen (secondary N) is 2. The largest absolute Gasteiger partial charge is 0.326 e. The number of rotatable bonds is 4. The summed E-state index contributed by atoms with van der Waals surface area (Å²) in [4.78, 5) is 31.4. The van der Waals surface area contributed by atoms with Gasteiger partial charge in [-0.25, -0.2) is 4.98 Å². The molecule has 0 saturated heterocycles. The van der Waals surface area contributed by atoms with Gasteiger partial charge in [0.25, 0.3) is 5.56 Å². The highest BCUT2D eigenvalue weighted by molar-refractivity contribution is 5.92. The Bertz CT molecular complexity index is 929. The Morgan fingerprint density at radius 1 is 1.17 bits per heavy atom. The maximum Gasteiger partial charge on any atom is 0.259 e. The van der Waals surface area contributed by atoms with Gasteiger partial charge in [-0.1, -0.05) is 26.0 Å². The van der Waals surface area contributed by atoms with Crippen LogP contribution in [0, 0.1) is 5.92 Å². The van der Waals surface area contributed by atoms with E-state index in [0.29, 0.717) is 16.7 Å². The van der Waals surface area contributed by atoms with Crippen molar-refractivity contribution in [2.75, 3.05) is 5.32 Å². The zero-order valence-electron chi connectivity index (χ0n) is 13.7. The number of para-hydroxylation sites is 1. The highest BCUT2D eigenvalue weighted by atomic mass is 16.1. The molecular formula is C19H19N3O2. The number of carbonyl (C=O) groups is 1. The molecule has 1 amide bonds. The van der Waals surface area contributed by atoms with Crippen molar-refractivity contribution in [1.82, 2.24) is 9.97 Å². The number of benzene rings is 2. The third kappa shape index (κ3) is 3.20. The van der Waals surface area contributed by atoms with Crippen molar-refractivity contribution in [3.63, 3.8) is 0 Å². The summed E-state index contributed by atoms with van der Waals surface area (Å²) in [5.41, 5.74) is 2.02. The Morgan fingerprint density at radius 3 is 2.58 bits per heavy atom. The summed E-state index contributed by atoms with van der Waals surface area (Å²) < 4.78 is 0. The van der Waals surface area contributed by atoms with Crippen LogP contribution in [0.25, 0.3) is 22.3 Å². The quantitative estimate of drug-likeness (QED) is 0.771. The topological polar surface area (TPSA) is 74.8 Å². The maximum atomic E-state index is 12.1. The minimum Gasteiger partial charge on any atom is -0.326 e. The Balaban J connectivity index is 1.88. The summed E-state index contributed by atoms with van der Waals surface area (Å²) in [6.45, 7) is 3.88. The van der Waals surface area contributed by atoms with Gasteiger partial charge in [0.05, 0.1) is 10.9 Å². The Hall–Kier alpha value is -2.95. The summed E-state index contributed by atoms with van der Waals surface area (Å²) in [6, 6.07) is 14.5. The second kappa shape index (κ2) is 6.66. The predicted octanol–water partition coefficient (Wildman–Crippen LogP) is 3.57. The average Bonchev–Trinajstić information content (AvgIpc) is 2.61. The molecule has 0 aliphatic rings. The summed E-state index contributed by atoms with van der Waals surface area (Å²) in [5.74, 6) is 0.490. The van der Waals surface area contributed by atoms with Crippen molar-refractivity contribution >= 4 is 22.5 Å². The molecule has 2 N–H and O–H groups in total. The molecule has 5 nitrogen and oxygen atoms in total. The van der Waals surface area contributed by atoms with Gasteiger partial charge >= 0.3 is 0 Å². The molecule has 3 aromatic rings. The van der Waals surface area contributed by atoms with Crippen LogP contribution in [-0.4, -0.2) is 15.9 Å². The van der Waals surface area contributed by atoms with E-state index < -0.39 is 0 Å². The molecule has 0 aliphatic heterocycles. The van der Waals surface area contributed by atoms with E-state index in [1.807, 2.05) is 56.3 Å². The minimum atomic E-state index is -0.162. The zero-order chi connectivity index (χ0) is 17.1. The van der Waals surface area contributed by atoms with Gasteiger partial charge in [-0.3, -0.25) is 9.59 Å². The lowest BCUT2D eigenvalue weighted by Crippen LogP contribution is -2.19. The number of carbonyl (C=O) groups excluding carboxylic acids is 1. The summed E-state index contributed by atoms with van der Waals surface area (Å²) >= 11 is 0. The molecule has 0 bridgehead atoms. The van der Waals surface area contributed by atoms with E-state index in [2.05, 4.69) is 15.3 Å². The van der Waals surface area contributed by atoms with E-state index in [1.165, 1.54) is 0 Å². The highest BCUT2D eigenvalue weighted by Crippen LogP contribution is 2.19. The molecule has 122 valence electrons. The summed E-state index contributed by atoms with van der Waals surface area (Å²) in [6.07, 6.45) is 0.798. The molecule has 1 unspecified atom stereocenters. The first-order valence-electron chi connectivity index (χ1n) is 7.99. The maximum absolute atomic E-state index is 12.1. The zero-order valence-corrected chi connectivity index (χ0v) is 13.7. The molecular weight excluding hydrogens is 302 g/mol. The van der Waals surface area contributed by atoms with Crippen LogP contribution in [0.2, 0.25) is 0 Å². The highest BCUT2D eigenvalue weighted by Gasteiger charge is 2.11. The Labute approximate surface area is 139 Å². The van der Waals surface area contributed by atoms with E-state index in [4.69, 9.17) is 0 Å². The lowest BCUT2D eigenvalue weighted by Gasteiger charge is -2.10. The van der Waals surface area contributed by atoms with Gasteiger partial charge in [0.1, 0.15) is 5.82 Å². The van der Waals surface area contributed by atoms with Crippen molar-refractivity contribution in [3.8, 4) is 11.4 Å². The smallest absolute Gasteiger partial charge is 0.259 e. The lowest BCUT2D eigenvalue weighted by atomic mass is 10.1. The van der Waals surface area contributed by atoms with E-state index in [1.54, 1.807) is 6.07 Å². The Kier molecular flexibility index (Phi) is 4.42. The molecule has 2 aromatic carbocycles. The summed E-state index contributed by atoms with van der Waals surface area (Å²) in [5, 5.41) is 3.45. The van der Waals surface area contributed by atoms with Crippen LogP contribution in [0.5, 0.6) is 0 Å². The van der Waals surface area contributed by atoms with Gasteiger partial charge in [0.2, 0.25) is 5.91 Å². The third-order valence-electron chi connectivity index (χ3n) is 4.10. The molecule has 24 heavy (non-hydrogen) atoms. The van der Waals surface area contributed by atoms with Crippen molar-refractivity contribution in [3.05, 3.63) is 58.9 Å². The van der Waals surface area contributed by atoms with Gasteiger partial charge < -0.3 is 10.3 Å². The monoisotopic (exact) mass is 321 g/mol. The first-order valence-corrected chi connectivity index (χ1v) is 7.99. The molecule has 0 fully saturated rings. The molecule has 1 atom stereocenters. The SMILES string of the molecule is CCC(C)C(=O)Nc1ccc(-c2nc3ccccc3c(=O)[nH]2)cc1. The number of H-pyrrole nitrogens is 1. The second-order valence-corrected chi connectivity index (χ2v) is 5.81. The number of hydrogen-bond acceptors (Lipinski definition) is 3. The number of aromatic amines is 1. The van der Waals surface area contributed by atoms with Crippen LogP contribution < -0.4 is 10.9 Å². The lowest BCUT2D eigenvalue weighted by molar-refractivity contribution is -0.119. The van der Waals surface area contributed by atoms with E-state index in [-0.39, 0.29) is 17.4 Å².